The molecule has 0 heterocycles. The fourth-order valence-electron chi connectivity index (χ4n) is 5.51. The summed E-state index contributed by atoms with van der Waals surface area (Å²) in [5, 5.41) is 17.4. The summed E-state index contributed by atoms with van der Waals surface area (Å²) < 4.78 is 0. The normalized spacial score (nSPS) is 42.2. The molecule has 142 valence electrons. The van der Waals surface area contributed by atoms with Gasteiger partial charge in [0.25, 0.3) is 0 Å². The molecule has 0 aromatic rings. The average molecular weight is 351 g/mol. The first kappa shape index (κ1) is 18.7. The van der Waals surface area contributed by atoms with Crippen LogP contribution in [0.3, 0.4) is 0 Å². The molecule has 3 saturated carbocycles. The third kappa shape index (κ3) is 3.71. The number of hydrogen-bond acceptors (Lipinski definition) is 3. The summed E-state index contributed by atoms with van der Waals surface area (Å²) in [6.07, 6.45) is 5.65. The van der Waals surface area contributed by atoms with E-state index in [2.05, 4.69) is 24.5 Å². The molecule has 3 rings (SSSR count). The lowest BCUT2D eigenvalue weighted by Gasteiger charge is -2.56. The molecule has 25 heavy (non-hydrogen) atoms. The van der Waals surface area contributed by atoms with Gasteiger partial charge in [-0.3, -0.25) is 9.59 Å². The molecule has 0 aliphatic heterocycles. The molecule has 3 aliphatic carbocycles. The number of amides is 2. The van der Waals surface area contributed by atoms with Crippen LogP contribution in [0.1, 0.15) is 66.2 Å². The van der Waals surface area contributed by atoms with Crippen LogP contribution < -0.4 is 10.6 Å². The summed E-state index contributed by atoms with van der Waals surface area (Å²) in [5.41, 5.74) is 0.108. The SMILES string of the molecule is CC(=O)NC1CCC2(C)CCC(C(C)C(=O)NC3CC3)C(O)C2C1C. The van der Waals surface area contributed by atoms with Gasteiger partial charge >= 0.3 is 0 Å². The van der Waals surface area contributed by atoms with E-state index in [1.54, 1.807) is 6.92 Å². The molecule has 0 aromatic carbocycles. The monoisotopic (exact) mass is 350 g/mol. The first-order valence-electron chi connectivity index (χ1n) is 9.98. The average Bonchev–Trinajstić information content (AvgIpc) is 3.33. The zero-order chi connectivity index (χ0) is 18.4. The Hall–Kier alpha value is -1.10. The number of carbonyl (C=O) groups excluding carboxylic acids is 2. The Kier molecular flexibility index (Phi) is 5.16. The zero-order valence-electron chi connectivity index (χ0n) is 16.0. The summed E-state index contributed by atoms with van der Waals surface area (Å²) in [4.78, 5) is 24.0. The summed E-state index contributed by atoms with van der Waals surface area (Å²) in [7, 11) is 0. The summed E-state index contributed by atoms with van der Waals surface area (Å²) in [5.74, 6) is 0.299. The number of aliphatic hydroxyl groups excluding tert-OH is 1. The largest absolute Gasteiger partial charge is 0.392 e. The minimum Gasteiger partial charge on any atom is -0.392 e. The molecule has 7 unspecified atom stereocenters. The van der Waals surface area contributed by atoms with Gasteiger partial charge in [0, 0.05) is 24.9 Å². The quantitative estimate of drug-likeness (QED) is 0.727. The van der Waals surface area contributed by atoms with Crippen molar-refractivity contribution in [3.63, 3.8) is 0 Å². The van der Waals surface area contributed by atoms with E-state index in [0.717, 1.165) is 38.5 Å². The van der Waals surface area contributed by atoms with Gasteiger partial charge < -0.3 is 15.7 Å². The molecular weight excluding hydrogens is 316 g/mol. The molecule has 0 saturated heterocycles. The van der Waals surface area contributed by atoms with E-state index < -0.39 is 6.10 Å². The molecule has 0 spiro atoms. The summed E-state index contributed by atoms with van der Waals surface area (Å²) >= 11 is 0. The molecule has 5 nitrogen and oxygen atoms in total. The van der Waals surface area contributed by atoms with Crippen molar-refractivity contribution in [2.24, 2.45) is 29.1 Å². The molecule has 0 aromatic heterocycles. The van der Waals surface area contributed by atoms with Crippen LogP contribution in [0.15, 0.2) is 0 Å². The second kappa shape index (κ2) is 6.90. The molecular formula is C20H34N2O3. The Labute approximate surface area is 151 Å². The second-order valence-corrected chi connectivity index (χ2v) is 9.15. The maximum absolute atomic E-state index is 12.5. The van der Waals surface area contributed by atoms with E-state index in [1.165, 1.54) is 0 Å². The highest BCUT2D eigenvalue weighted by Gasteiger charge is 2.53. The van der Waals surface area contributed by atoms with Crippen LogP contribution >= 0.6 is 0 Å². The highest BCUT2D eigenvalue weighted by molar-refractivity contribution is 5.79. The second-order valence-electron chi connectivity index (χ2n) is 9.15. The van der Waals surface area contributed by atoms with Gasteiger partial charge in [0.15, 0.2) is 0 Å². The molecule has 3 aliphatic rings. The summed E-state index contributed by atoms with van der Waals surface area (Å²) in [6, 6.07) is 0.485. The van der Waals surface area contributed by atoms with Gasteiger partial charge in [-0.25, -0.2) is 0 Å². The number of fused-ring (bicyclic) bond motifs is 1. The summed E-state index contributed by atoms with van der Waals surface area (Å²) in [6.45, 7) is 7.97. The van der Waals surface area contributed by atoms with E-state index in [4.69, 9.17) is 0 Å². The molecule has 2 amide bonds. The standard InChI is InChI=1S/C20H34N2O3/c1-11(19(25)22-14-5-6-14)15-7-9-20(4)10-8-16(21-13(3)23)12(2)17(20)18(15)24/h11-12,14-18,24H,5-10H2,1-4H3,(H,21,23)(H,22,25). The van der Waals surface area contributed by atoms with Crippen molar-refractivity contribution in [2.75, 3.05) is 0 Å². The van der Waals surface area contributed by atoms with Crippen molar-refractivity contribution in [1.29, 1.82) is 0 Å². The van der Waals surface area contributed by atoms with Crippen LogP contribution in [0.5, 0.6) is 0 Å². The van der Waals surface area contributed by atoms with Crippen LogP contribution in [-0.2, 0) is 9.59 Å². The van der Waals surface area contributed by atoms with E-state index in [0.29, 0.717) is 6.04 Å². The van der Waals surface area contributed by atoms with Crippen LogP contribution in [0.2, 0.25) is 0 Å². The van der Waals surface area contributed by atoms with Crippen molar-refractivity contribution in [1.82, 2.24) is 10.6 Å². The molecule has 7 atom stereocenters. The van der Waals surface area contributed by atoms with Crippen LogP contribution in [0, 0.1) is 29.1 Å². The van der Waals surface area contributed by atoms with E-state index in [1.807, 2.05) is 6.92 Å². The Morgan fingerprint density at radius 1 is 1.12 bits per heavy atom. The highest BCUT2D eigenvalue weighted by Crippen LogP contribution is 2.55. The van der Waals surface area contributed by atoms with Crippen LogP contribution in [0.4, 0.5) is 0 Å². The lowest BCUT2D eigenvalue weighted by atomic mass is 9.51. The Morgan fingerprint density at radius 2 is 1.76 bits per heavy atom. The predicted octanol–water partition coefficient (Wildman–Crippen LogP) is 2.23. The Balaban J connectivity index is 1.73. The minimum atomic E-state index is -0.481. The van der Waals surface area contributed by atoms with Crippen molar-refractivity contribution in [3.05, 3.63) is 0 Å². The first-order valence-corrected chi connectivity index (χ1v) is 9.98. The van der Waals surface area contributed by atoms with E-state index in [9.17, 15) is 14.7 Å². The maximum Gasteiger partial charge on any atom is 0.223 e. The molecule has 3 N–H and O–H groups in total. The van der Waals surface area contributed by atoms with E-state index in [-0.39, 0.29) is 46.9 Å². The molecule has 0 radical (unpaired) electrons. The van der Waals surface area contributed by atoms with Crippen molar-refractivity contribution >= 4 is 11.8 Å². The highest BCUT2D eigenvalue weighted by atomic mass is 16.3. The number of rotatable bonds is 4. The van der Waals surface area contributed by atoms with Gasteiger partial charge in [0.2, 0.25) is 11.8 Å². The predicted molar refractivity (Wildman–Crippen MR) is 96.7 cm³/mol. The topological polar surface area (TPSA) is 78.4 Å². The number of nitrogens with one attached hydrogen (secondary N) is 2. The fourth-order valence-corrected chi connectivity index (χ4v) is 5.51. The fraction of sp³-hybridized carbons (Fsp3) is 0.900. The third-order valence-corrected chi connectivity index (χ3v) is 7.26. The van der Waals surface area contributed by atoms with Gasteiger partial charge in [-0.2, -0.15) is 0 Å². The van der Waals surface area contributed by atoms with Crippen LogP contribution in [0.25, 0.3) is 0 Å². The Bertz CT molecular complexity index is 533. The van der Waals surface area contributed by atoms with Gasteiger partial charge in [0.05, 0.1) is 6.10 Å². The number of hydrogen-bond donors (Lipinski definition) is 3. The van der Waals surface area contributed by atoms with Crippen molar-refractivity contribution in [2.45, 2.75) is 84.4 Å². The zero-order valence-corrected chi connectivity index (χ0v) is 16.0. The number of carbonyl (C=O) groups is 2. The number of aliphatic hydroxyl groups is 1. The molecule has 3 fully saturated rings. The van der Waals surface area contributed by atoms with Crippen molar-refractivity contribution < 1.29 is 14.7 Å². The lowest BCUT2D eigenvalue weighted by molar-refractivity contribution is -0.143. The first-order chi connectivity index (χ1) is 11.7. The van der Waals surface area contributed by atoms with E-state index >= 15 is 0 Å². The van der Waals surface area contributed by atoms with Crippen LogP contribution in [-0.4, -0.2) is 35.1 Å². The Morgan fingerprint density at radius 3 is 2.36 bits per heavy atom. The van der Waals surface area contributed by atoms with Gasteiger partial charge in [-0.05, 0) is 61.7 Å². The molecule has 5 heteroatoms. The van der Waals surface area contributed by atoms with Gasteiger partial charge in [0.1, 0.15) is 0 Å². The lowest BCUT2D eigenvalue weighted by Crippen LogP contribution is -2.58. The molecule has 0 bridgehead atoms. The smallest absolute Gasteiger partial charge is 0.223 e. The maximum atomic E-state index is 12.5. The third-order valence-electron chi connectivity index (χ3n) is 7.26. The van der Waals surface area contributed by atoms with Gasteiger partial charge in [-0.15, -0.1) is 0 Å². The van der Waals surface area contributed by atoms with Crippen molar-refractivity contribution in [3.8, 4) is 0 Å². The van der Waals surface area contributed by atoms with Gasteiger partial charge in [-0.1, -0.05) is 20.8 Å². The minimum absolute atomic E-state index is 0.000480.